The predicted octanol–water partition coefficient (Wildman–Crippen LogP) is 2.81. The molecular formula is C17H18O4S. The summed E-state index contributed by atoms with van der Waals surface area (Å²) >= 11 is 0. The van der Waals surface area contributed by atoms with E-state index in [0.717, 1.165) is 24.0 Å². The Morgan fingerprint density at radius 1 is 1.05 bits per heavy atom. The highest BCUT2D eigenvalue weighted by Gasteiger charge is 2.52. The SMILES string of the molecule is COC(=O)C1(S(=O)(=O)c2ccccc2)CC=C2CCC2=CC1. The Morgan fingerprint density at radius 2 is 1.59 bits per heavy atom. The number of fused-ring (bicyclic) bond motifs is 1. The lowest BCUT2D eigenvalue weighted by Gasteiger charge is -2.28. The number of hydrogen-bond acceptors (Lipinski definition) is 4. The molecule has 0 unspecified atom stereocenters. The van der Waals surface area contributed by atoms with Crippen molar-refractivity contribution in [2.75, 3.05) is 7.11 Å². The minimum Gasteiger partial charge on any atom is -0.468 e. The van der Waals surface area contributed by atoms with Crippen LogP contribution in [0.5, 0.6) is 0 Å². The van der Waals surface area contributed by atoms with Crippen molar-refractivity contribution in [2.45, 2.75) is 35.3 Å². The summed E-state index contributed by atoms with van der Waals surface area (Å²) in [5, 5.41) is 0. The predicted molar refractivity (Wildman–Crippen MR) is 83.0 cm³/mol. The van der Waals surface area contributed by atoms with Gasteiger partial charge in [-0.1, -0.05) is 30.4 Å². The van der Waals surface area contributed by atoms with Crippen molar-refractivity contribution in [1.29, 1.82) is 0 Å². The van der Waals surface area contributed by atoms with Gasteiger partial charge in [0.1, 0.15) is 0 Å². The smallest absolute Gasteiger partial charge is 0.328 e. The first-order chi connectivity index (χ1) is 10.5. The van der Waals surface area contributed by atoms with Gasteiger partial charge in [0.05, 0.1) is 12.0 Å². The molecule has 0 bridgehead atoms. The molecule has 4 nitrogen and oxygen atoms in total. The summed E-state index contributed by atoms with van der Waals surface area (Å²) in [4.78, 5) is 12.6. The molecule has 0 aromatic heterocycles. The number of carbonyl (C=O) groups is 1. The molecule has 0 spiro atoms. The molecule has 1 aromatic rings. The molecule has 116 valence electrons. The van der Waals surface area contributed by atoms with Gasteiger partial charge in [-0.15, -0.1) is 0 Å². The van der Waals surface area contributed by atoms with Gasteiger partial charge in [-0.2, -0.15) is 0 Å². The number of esters is 1. The van der Waals surface area contributed by atoms with Crippen LogP contribution in [0.3, 0.4) is 0 Å². The van der Waals surface area contributed by atoms with E-state index in [1.165, 1.54) is 19.2 Å². The van der Waals surface area contributed by atoms with Gasteiger partial charge in [0, 0.05) is 0 Å². The molecule has 1 aromatic carbocycles. The van der Waals surface area contributed by atoms with Gasteiger partial charge in [0.15, 0.2) is 14.6 Å². The maximum absolute atomic E-state index is 13.1. The molecule has 1 fully saturated rings. The maximum atomic E-state index is 13.1. The minimum atomic E-state index is -3.84. The van der Waals surface area contributed by atoms with Gasteiger partial charge in [-0.3, -0.25) is 4.79 Å². The fourth-order valence-corrected chi connectivity index (χ4v) is 4.92. The first kappa shape index (κ1) is 15.0. The molecule has 0 aliphatic heterocycles. The van der Waals surface area contributed by atoms with Crippen LogP contribution in [-0.4, -0.2) is 26.2 Å². The molecule has 2 aliphatic rings. The third-order valence-corrected chi connectivity index (χ3v) is 6.98. The van der Waals surface area contributed by atoms with Crippen molar-refractivity contribution in [3.63, 3.8) is 0 Å². The van der Waals surface area contributed by atoms with E-state index >= 15 is 0 Å². The molecular weight excluding hydrogens is 300 g/mol. The van der Waals surface area contributed by atoms with Crippen molar-refractivity contribution in [3.8, 4) is 0 Å². The van der Waals surface area contributed by atoms with Crippen molar-refractivity contribution in [2.24, 2.45) is 0 Å². The monoisotopic (exact) mass is 318 g/mol. The highest BCUT2D eigenvalue weighted by molar-refractivity contribution is 7.93. The Hall–Kier alpha value is -1.88. The number of rotatable bonds is 3. The van der Waals surface area contributed by atoms with Gasteiger partial charge in [-0.05, 0) is 49.0 Å². The molecule has 5 heteroatoms. The van der Waals surface area contributed by atoms with Gasteiger partial charge in [-0.25, -0.2) is 8.42 Å². The molecule has 0 radical (unpaired) electrons. The third-order valence-electron chi connectivity index (χ3n) is 4.56. The topological polar surface area (TPSA) is 60.4 Å². The lowest BCUT2D eigenvalue weighted by atomic mass is 9.85. The summed E-state index contributed by atoms with van der Waals surface area (Å²) < 4.78 is 29.6. The van der Waals surface area contributed by atoms with E-state index in [0.29, 0.717) is 0 Å². The zero-order valence-corrected chi connectivity index (χ0v) is 13.2. The summed E-state index contributed by atoms with van der Waals surface area (Å²) in [7, 11) is -2.60. The van der Waals surface area contributed by atoms with E-state index in [2.05, 4.69) is 0 Å². The van der Waals surface area contributed by atoms with Crippen LogP contribution in [0.1, 0.15) is 25.7 Å². The standard InChI is InChI=1S/C17H18O4S/c1-21-16(18)17(11-9-13-7-8-14(13)10-12-17)22(19,20)15-5-3-2-4-6-15/h2-6,9-10H,7-8,11-12H2,1H3. The first-order valence-electron chi connectivity index (χ1n) is 7.28. The van der Waals surface area contributed by atoms with Crippen LogP contribution < -0.4 is 0 Å². The van der Waals surface area contributed by atoms with Crippen molar-refractivity contribution in [3.05, 3.63) is 53.6 Å². The summed E-state index contributed by atoms with van der Waals surface area (Å²) in [5.41, 5.74) is 2.32. The number of benzene rings is 1. The average molecular weight is 318 g/mol. The van der Waals surface area contributed by atoms with Crippen LogP contribution in [0.25, 0.3) is 0 Å². The van der Waals surface area contributed by atoms with E-state index in [1.807, 2.05) is 12.2 Å². The number of carbonyl (C=O) groups excluding carboxylic acids is 1. The molecule has 3 rings (SSSR count). The largest absolute Gasteiger partial charge is 0.468 e. The quantitative estimate of drug-likeness (QED) is 0.804. The van der Waals surface area contributed by atoms with Crippen LogP contribution in [0.4, 0.5) is 0 Å². The second kappa shape index (κ2) is 5.39. The Labute approximate surface area is 130 Å². The Kier molecular flexibility index (Phi) is 3.68. The fourth-order valence-electron chi connectivity index (χ4n) is 3.05. The van der Waals surface area contributed by atoms with Crippen LogP contribution in [-0.2, 0) is 19.4 Å². The number of hydrogen-bond donors (Lipinski definition) is 0. The molecule has 0 heterocycles. The Bertz CT molecular complexity index is 735. The molecule has 0 N–H and O–H groups in total. The van der Waals surface area contributed by atoms with E-state index in [-0.39, 0.29) is 17.7 Å². The lowest BCUT2D eigenvalue weighted by molar-refractivity contribution is -0.143. The number of ether oxygens (including phenoxy) is 1. The molecule has 22 heavy (non-hydrogen) atoms. The highest BCUT2D eigenvalue weighted by atomic mass is 32.2. The van der Waals surface area contributed by atoms with Gasteiger partial charge < -0.3 is 4.74 Å². The first-order valence-corrected chi connectivity index (χ1v) is 8.76. The zero-order chi connectivity index (χ0) is 15.8. The Balaban J connectivity index is 2.14. The summed E-state index contributed by atoms with van der Waals surface area (Å²) in [5.74, 6) is -0.689. The second-order valence-electron chi connectivity index (χ2n) is 5.67. The van der Waals surface area contributed by atoms with Crippen molar-refractivity contribution >= 4 is 15.8 Å². The molecule has 2 aliphatic carbocycles. The zero-order valence-electron chi connectivity index (χ0n) is 12.4. The van der Waals surface area contributed by atoms with Crippen LogP contribution in [0.15, 0.2) is 58.5 Å². The van der Waals surface area contributed by atoms with E-state index in [4.69, 9.17) is 4.74 Å². The Morgan fingerprint density at radius 3 is 2.05 bits per heavy atom. The van der Waals surface area contributed by atoms with Crippen LogP contribution in [0, 0.1) is 0 Å². The summed E-state index contributed by atoms with van der Waals surface area (Å²) in [6, 6.07) is 8.13. The number of allylic oxidation sites excluding steroid dienone is 4. The average Bonchev–Trinajstić information content (AvgIpc) is 2.64. The van der Waals surface area contributed by atoms with E-state index < -0.39 is 20.6 Å². The van der Waals surface area contributed by atoms with Gasteiger partial charge >= 0.3 is 5.97 Å². The van der Waals surface area contributed by atoms with Crippen molar-refractivity contribution in [1.82, 2.24) is 0 Å². The molecule has 0 saturated heterocycles. The lowest BCUT2D eigenvalue weighted by Crippen LogP contribution is -2.46. The molecule has 0 amide bonds. The van der Waals surface area contributed by atoms with Crippen molar-refractivity contribution < 1.29 is 17.9 Å². The van der Waals surface area contributed by atoms with E-state index in [9.17, 15) is 13.2 Å². The molecule has 1 saturated carbocycles. The van der Waals surface area contributed by atoms with Crippen LogP contribution in [0.2, 0.25) is 0 Å². The third kappa shape index (κ3) is 2.11. The fraction of sp³-hybridized carbons (Fsp3) is 0.353. The number of methoxy groups -OCH3 is 1. The maximum Gasteiger partial charge on any atom is 0.328 e. The van der Waals surface area contributed by atoms with E-state index in [1.54, 1.807) is 18.2 Å². The second-order valence-corrected chi connectivity index (χ2v) is 7.93. The van der Waals surface area contributed by atoms with Crippen LogP contribution >= 0.6 is 0 Å². The number of sulfone groups is 1. The summed E-state index contributed by atoms with van der Waals surface area (Å²) in [6.07, 6.45) is 6.00. The normalized spacial score (nSPS) is 19.9. The molecule has 0 atom stereocenters. The van der Waals surface area contributed by atoms with Gasteiger partial charge in [0.25, 0.3) is 0 Å². The minimum absolute atomic E-state index is 0.159. The summed E-state index contributed by atoms with van der Waals surface area (Å²) in [6.45, 7) is 0. The van der Waals surface area contributed by atoms with Gasteiger partial charge in [0.2, 0.25) is 0 Å². The highest BCUT2D eigenvalue weighted by Crippen LogP contribution is 2.42.